The van der Waals surface area contributed by atoms with E-state index >= 15 is 0 Å². The molecule has 4 aliphatic carbocycles. The smallest absolute Gasteiger partial charge is 0.461 e. The van der Waals surface area contributed by atoms with Gasteiger partial charge in [0.2, 0.25) is 0 Å². The number of esters is 2. The Morgan fingerprint density at radius 2 is 1.39 bits per heavy atom. The second-order valence-electron chi connectivity index (χ2n) is 9.81. The Hall–Kier alpha value is -1.59. The Balaban J connectivity index is 1.89. The summed E-state index contributed by atoms with van der Waals surface area (Å²) in [6.07, 6.45) is -4.57. The van der Waals surface area contributed by atoms with Gasteiger partial charge in [-0.05, 0) is 70.1 Å². The standard InChI is InChI=1S/C21H27F7O5/c1-3-31-16(30)20(21(26,27)28,32-11-19(24,25)10-17(2,22)23)33-15(29)18-7-12-4-13(8-18)6-14(5-12)9-18/h12-14H,3-11H2,1-2H3. The molecule has 0 spiro atoms. The average molecular weight is 492 g/mol. The lowest BCUT2D eigenvalue weighted by Gasteiger charge is -2.55. The third-order valence-electron chi connectivity index (χ3n) is 6.68. The normalized spacial score (nSPS) is 31.2. The van der Waals surface area contributed by atoms with Crippen molar-refractivity contribution in [3.8, 4) is 0 Å². The van der Waals surface area contributed by atoms with Gasteiger partial charge in [0.1, 0.15) is 6.61 Å². The van der Waals surface area contributed by atoms with Crippen molar-refractivity contribution in [1.29, 1.82) is 0 Å². The summed E-state index contributed by atoms with van der Waals surface area (Å²) in [5.41, 5.74) is -1.28. The van der Waals surface area contributed by atoms with E-state index in [-0.39, 0.29) is 43.9 Å². The van der Waals surface area contributed by atoms with Gasteiger partial charge in [-0.15, -0.1) is 0 Å². The summed E-state index contributed by atoms with van der Waals surface area (Å²) in [5, 5.41) is 0. The van der Waals surface area contributed by atoms with E-state index < -0.39 is 60.8 Å². The number of rotatable bonds is 9. The highest BCUT2D eigenvalue weighted by atomic mass is 19.4. The van der Waals surface area contributed by atoms with Crippen LogP contribution in [0.4, 0.5) is 30.7 Å². The number of carbonyl (C=O) groups excluding carboxylic acids is 2. The molecule has 0 aromatic carbocycles. The van der Waals surface area contributed by atoms with Crippen LogP contribution in [0.5, 0.6) is 0 Å². The van der Waals surface area contributed by atoms with Gasteiger partial charge in [0.15, 0.2) is 0 Å². The molecule has 1 unspecified atom stereocenters. The highest BCUT2D eigenvalue weighted by molar-refractivity contribution is 5.85. The molecular weight excluding hydrogens is 465 g/mol. The minimum absolute atomic E-state index is 0.128. The molecule has 4 bridgehead atoms. The molecule has 12 heteroatoms. The molecule has 0 aliphatic heterocycles. The minimum Gasteiger partial charge on any atom is -0.461 e. The predicted molar refractivity (Wildman–Crippen MR) is 98.3 cm³/mol. The van der Waals surface area contributed by atoms with Crippen molar-refractivity contribution in [2.24, 2.45) is 23.2 Å². The summed E-state index contributed by atoms with van der Waals surface area (Å²) in [5.74, 6) is -16.1. The van der Waals surface area contributed by atoms with E-state index in [9.17, 15) is 40.3 Å². The second kappa shape index (κ2) is 8.57. The number of ether oxygens (including phenoxy) is 3. The summed E-state index contributed by atoms with van der Waals surface area (Å²) < 4.78 is 110. The van der Waals surface area contributed by atoms with Crippen LogP contribution in [0.2, 0.25) is 0 Å². The molecule has 0 heterocycles. The summed E-state index contributed by atoms with van der Waals surface area (Å²) >= 11 is 0. The van der Waals surface area contributed by atoms with E-state index in [1.807, 2.05) is 0 Å². The maximum absolute atomic E-state index is 14.1. The monoisotopic (exact) mass is 492 g/mol. The van der Waals surface area contributed by atoms with Crippen LogP contribution in [-0.2, 0) is 23.8 Å². The first-order chi connectivity index (χ1) is 15.0. The Morgan fingerprint density at radius 1 is 0.909 bits per heavy atom. The lowest BCUT2D eigenvalue weighted by atomic mass is 9.49. The van der Waals surface area contributed by atoms with Gasteiger partial charge in [0.25, 0.3) is 11.8 Å². The van der Waals surface area contributed by atoms with E-state index in [0.717, 1.165) is 26.2 Å². The largest absolute Gasteiger partial charge is 0.468 e. The molecule has 0 saturated heterocycles. The van der Waals surface area contributed by atoms with E-state index in [4.69, 9.17) is 0 Å². The van der Waals surface area contributed by atoms with Crippen LogP contribution >= 0.6 is 0 Å². The number of alkyl halides is 7. The summed E-state index contributed by atoms with van der Waals surface area (Å²) in [7, 11) is 0. The highest BCUT2D eigenvalue weighted by Gasteiger charge is 2.70. The molecule has 0 radical (unpaired) electrons. The van der Waals surface area contributed by atoms with Crippen molar-refractivity contribution < 1.29 is 54.5 Å². The molecule has 0 aromatic heterocycles. The SMILES string of the molecule is CCOC(=O)C(OCC(F)(F)CC(C)(F)F)(OC(=O)C12CC3CC(CC(C3)C1)C2)C(F)(F)F. The summed E-state index contributed by atoms with van der Waals surface area (Å²) in [4.78, 5) is 25.4. The molecule has 4 aliphatic rings. The van der Waals surface area contributed by atoms with Gasteiger partial charge in [0.05, 0.1) is 18.4 Å². The molecule has 33 heavy (non-hydrogen) atoms. The van der Waals surface area contributed by atoms with Crippen molar-refractivity contribution in [1.82, 2.24) is 0 Å². The van der Waals surface area contributed by atoms with Crippen LogP contribution in [0, 0.1) is 23.2 Å². The van der Waals surface area contributed by atoms with Gasteiger partial charge in [-0.1, -0.05) is 0 Å². The van der Waals surface area contributed by atoms with Crippen LogP contribution in [0.25, 0.3) is 0 Å². The summed E-state index contributed by atoms with van der Waals surface area (Å²) in [6.45, 7) is -1.51. The van der Waals surface area contributed by atoms with Crippen LogP contribution in [-0.4, -0.2) is 49.0 Å². The van der Waals surface area contributed by atoms with Gasteiger partial charge in [0, 0.05) is 0 Å². The number of carbonyl (C=O) groups is 2. The predicted octanol–water partition coefficient (Wildman–Crippen LogP) is 5.26. The highest BCUT2D eigenvalue weighted by Crippen LogP contribution is 2.61. The van der Waals surface area contributed by atoms with Gasteiger partial charge >= 0.3 is 23.9 Å². The van der Waals surface area contributed by atoms with E-state index in [1.165, 1.54) is 0 Å². The van der Waals surface area contributed by atoms with Crippen LogP contribution in [0.15, 0.2) is 0 Å². The Morgan fingerprint density at radius 3 is 1.79 bits per heavy atom. The molecule has 0 amide bonds. The molecule has 190 valence electrons. The third-order valence-corrected chi connectivity index (χ3v) is 6.68. The Labute approximate surface area is 186 Å². The zero-order chi connectivity index (χ0) is 24.9. The van der Waals surface area contributed by atoms with E-state index in [0.29, 0.717) is 0 Å². The first-order valence-corrected chi connectivity index (χ1v) is 10.9. The van der Waals surface area contributed by atoms with Crippen LogP contribution in [0.1, 0.15) is 58.8 Å². The molecule has 4 fully saturated rings. The molecule has 0 N–H and O–H groups in total. The maximum Gasteiger partial charge on any atom is 0.468 e. The Bertz CT molecular complexity index is 726. The molecule has 1 atom stereocenters. The van der Waals surface area contributed by atoms with E-state index in [2.05, 4.69) is 14.2 Å². The first-order valence-electron chi connectivity index (χ1n) is 10.9. The first kappa shape index (κ1) is 26.0. The number of hydrogen-bond donors (Lipinski definition) is 0. The fourth-order valence-electron chi connectivity index (χ4n) is 5.92. The van der Waals surface area contributed by atoms with Gasteiger partial charge in [-0.25, -0.2) is 22.4 Å². The minimum atomic E-state index is -5.80. The molecule has 5 nitrogen and oxygen atoms in total. The van der Waals surface area contributed by atoms with Crippen LogP contribution < -0.4 is 0 Å². The van der Waals surface area contributed by atoms with Crippen LogP contribution in [0.3, 0.4) is 0 Å². The third kappa shape index (κ3) is 5.40. The van der Waals surface area contributed by atoms with Gasteiger partial charge in [-0.3, -0.25) is 4.79 Å². The maximum atomic E-state index is 14.1. The van der Waals surface area contributed by atoms with Crippen molar-refractivity contribution >= 4 is 11.9 Å². The number of halogens is 7. The molecule has 4 rings (SSSR count). The molecule has 0 aromatic rings. The fraction of sp³-hybridized carbons (Fsp3) is 0.905. The number of hydrogen-bond acceptors (Lipinski definition) is 5. The lowest BCUT2D eigenvalue weighted by Crippen LogP contribution is -2.62. The van der Waals surface area contributed by atoms with Crippen molar-refractivity contribution in [2.75, 3.05) is 13.2 Å². The summed E-state index contributed by atoms with van der Waals surface area (Å²) in [6, 6.07) is 0. The molecule has 4 saturated carbocycles. The Kier molecular flexibility index (Phi) is 6.76. The molecular formula is C21H27F7O5. The lowest BCUT2D eigenvalue weighted by molar-refractivity contribution is -0.368. The van der Waals surface area contributed by atoms with Crippen molar-refractivity contribution in [3.05, 3.63) is 0 Å². The van der Waals surface area contributed by atoms with Crippen molar-refractivity contribution in [3.63, 3.8) is 0 Å². The zero-order valence-electron chi connectivity index (χ0n) is 18.3. The average Bonchev–Trinajstić information content (AvgIpc) is 2.61. The fourth-order valence-corrected chi connectivity index (χ4v) is 5.92. The zero-order valence-corrected chi connectivity index (χ0v) is 18.3. The van der Waals surface area contributed by atoms with E-state index in [1.54, 1.807) is 0 Å². The second-order valence-corrected chi connectivity index (χ2v) is 9.81. The van der Waals surface area contributed by atoms with Gasteiger partial charge in [-0.2, -0.15) is 13.2 Å². The van der Waals surface area contributed by atoms with Gasteiger partial charge < -0.3 is 14.2 Å². The quantitative estimate of drug-likeness (QED) is 0.250. The van der Waals surface area contributed by atoms with Crippen molar-refractivity contribution in [2.45, 2.75) is 82.6 Å². The topological polar surface area (TPSA) is 61.8 Å².